The number of methoxy groups -OCH3 is 1. The Labute approximate surface area is 73.7 Å². The fraction of sp³-hybridized carbons (Fsp3) is 0.286. The van der Waals surface area contributed by atoms with Gasteiger partial charge in [0.2, 0.25) is 0 Å². The fourth-order valence-electron chi connectivity index (χ4n) is 0.789. The van der Waals surface area contributed by atoms with Gasteiger partial charge in [-0.15, -0.1) is 0 Å². The third kappa shape index (κ3) is 1.63. The summed E-state index contributed by atoms with van der Waals surface area (Å²) in [5.74, 6) is 1.23. The Hall–Kier alpha value is -0.770. The number of hydrogen-bond acceptors (Lipinski definition) is 3. The van der Waals surface area contributed by atoms with Gasteiger partial charge in [-0.3, -0.25) is 0 Å². The van der Waals surface area contributed by atoms with Crippen LogP contribution in [-0.2, 0) is 0 Å². The van der Waals surface area contributed by atoms with E-state index in [4.69, 9.17) is 10.5 Å². The summed E-state index contributed by atoms with van der Waals surface area (Å²) in [7, 11) is 1.60. The average Bonchev–Trinajstić information content (AvgIpc) is 1.97. The summed E-state index contributed by atoms with van der Waals surface area (Å²) in [5.41, 5.74) is 6.33. The number of aryl methyl sites for hydroxylation is 1. The smallest absolute Gasteiger partial charge is 0.141 e. The van der Waals surface area contributed by atoms with Crippen molar-refractivity contribution in [1.82, 2.24) is 4.98 Å². The van der Waals surface area contributed by atoms with Crippen molar-refractivity contribution < 1.29 is 4.74 Å². The maximum absolute atomic E-state index is 5.53. The molecule has 0 fully saturated rings. The highest BCUT2D eigenvalue weighted by atomic mass is 79.9. The van der Waals surface area contributed by atoms with Crippen LogP contribution in [0.3, 0.4) is 0 Å². The molecule has 0 unspecified atom stereocenters. The Balaban J connectivity index is 3.21. The van der Waals surface area contributed by atoms with E-state index in [9.17, 15) is 0 Å². The molecule has 0 bridgehead atoms. The van der Waals surface area contributed by atoms with E-state index in [2.05, 4.69) is 20.9 Å². The van der Waals surface area contributed by atoms with Crippen LogP contribution in [0.5, 0.6) is 5.75 Å². The summed E-state index contributed by atoms with van der Waals surface area (Å²) in [6.07, 6.45) is 0. The van der Waals surface area contributed by atoms with Crippen LogP contribution in [0, 0.1) is 6.92 Å². The van der Waals surface area contributed by atoms with Gasteiger partial charge in [0.05, 0.1) is 17.3 Å². The number of nitrogen functional groups attached to an aromatic ring is 1. The summed E-state index contributed by atoms with van der Waals surface area (Å²) in [5, 5.41) is 0. The van der Waals surface area contributed by atoms with E-state index in [0.29, 0.717) is 5.82 Å². The largest absolute Gasteiger partial charge is 0.495 e. The molecule has 0 amide bonds. The first-order chi connectivity index (χ1) is 5.15. The van der Waals surface area contributed by atoms with Crippen LogP contribution in [0.2, 0.25) is 0 Å². The molecule has 0 saturated heterocycles. The highest BCUT2D eigenvalue weighted by molar-refractivity contribution is 9.10. The number of hydrogen-bond donors (Lipinski definition) is 1. The molecule has 4 heteroatoms. The number of pyridine rings is 1. The lowest BCUT2D eigenvalue weighted by Crippen LogP contribution is -1.96. The Bertz CT molecular complexity index is 275. The summed E-state index contributed by atoms with van der Waals surface area (Å²) in [4.78, 5) is 4.05. The lowest BCUT2D eigenvalue weighted by atomic mass is 10.3. The first-order valence-electron chi connectivity index (χ1n) is 3.11. The molecule has 0 radical (unpaired) electrons. The Morgan fingerprint density at radius 1 is 1.64 bits per heavy atom. The summed E-state index contributed by atoms with van der Waals surface area (Å²) < 4.78 is 5.80. The fourth-order valence-corrected chi connectivity index (χ4v) is 1.09. The highest BCUT2D eigenvalue weighted by Gasteiger charge is 2.03. The molecule has 1 rings (SSSR count). The summed E-state index contributed by atoms with van der Waals surface area (Å²) in [6, 6.07) is 1.80. The van der Waals surface area contributed by atoms with Crippen molar-refractivity contribution in [2.75, 3.05) is 12.8 Å². The van der Waals surface area contributed by atoms with Gasteiger partial charge in [-0.1, -0.05) is 0 Å². The van der Waals surface area contributed by atoms with Crippen molar-refractivity contribution in [1.29, 1.82) is 0 Å². The number of aromatic nitrogens is 1. The molecule has 0 aliphatic heterocycles. The SMILES string of the molecule is COc1cc(Br)c(N)nc1C. The highest BCUT2D eigenvalue weighted by Crippen LogP contribution is 2.25. The van der Waals surface area contributed by atoms with Gasteiger partial charge < -0.3 is 10.5 Å². The van der Waals surface area contributed by atoms with Crippen molar-refractivity contribution in [2.24, 2.45) is 0 Å². The van der Waals surface area contributed by atoms with E-state index in [1.165, 1.54) is 0 Å². The van der Waals surface area contributed by atoms with Gasteiger partial charge in [0, 0.05) is 0 Å². The van der Waals surface area contributed by atoms with Crippen LogP contribution < -0.4 is 10.5 Å². The first-order valence-corrected chi connectivity index (χ1v) is 3.91. The number of rotatable bonds is 1. The number of ether oxygens (including phenoxy) is 1. The van der Waals surface area contributed by atoms with Gasteiger partial charge in [-0.05, 0) is 28.9 Å². The second kappa shape index (κ2) is 3.09. The standard InChI is InChI=1S/C7H9BrN2O/c1-4-6(11-2)3-5(8)7(9)10-4/h3H,1-2H3,(H2,9,10). The molecule has 0 aliphatic carbocycles. The Kier molecular flexibility index (Phi) is 2.34. The minimum absolute atomic E-state index is 0.489. The monoisotopic (exact) mass is 216 g/mol. The zero-order chi connectivity index (χ0) is 8.43. The summed E-state index contributed by atoms with van der Waals surface area (Å²) in [6.45, 7) is 1.85. The lowest BCUT2D eigenvalue weighted by molar-refractivity contribution is 0.409. The quantitative estimate of drug-likeness (QED) is 0.779. The molecule has 0 aliphatic rings. The van der Waals surface area contributed by atoms with Gasteiger partial charge in [0.1, 0.15) is 11.6 Å². The molecule has 11 heavy (non-hydrogen) atoms. The van der Waals surface area contributed by atoms with Gasteiger partial charge in [-0.25, -0.2) is 4.98 Å². The van der Waals surface area contributed by atoms with Gasteiger partial charge in [0.15, 0.2) is 0 Å². The van der Waals surface area contributed by atoms with Crippen LogP contribution >= 0.6 is 15.9 Å². The van der Waals surface area contributed by atoms with Crippen LogP contribution in [0.25, 0.3) is 0 Å². The van der Waals surface area contributed by atoms with Crippen LogP contribution in [0.4, 0.5) is 5.82 Å². The molecule has 1 aromatic rings. The van der Waals surface area contributed by atoms with Gasteiger partial charge in [-0.2, -0.15) is 0 Å². The third-order valence-corrected chi connectivity index (χ3v) is 2.00. The average molecular weight is 217 g/mol. The third-order valence-electron chi connectivity index (χ3n) is 1.37. The predicted octanol–water partition coefficient (Wildman–Crippen LogP) is 1.74. The van der Waals surface area contributed by atoms with Crippen LogP contribution in [0.1, 0.15) is 5.69 Å². The summed E-state index contributed by atoms with van der Waals surface area (Å²) >= 11 is 3.25. The molecule has 0 spiro atoms. The van der Waals surface area contributed by atoms with E-state index >= 15 is 0 Å². The van der Waals surface area contributed by atoms with Crippen molar-refractivity contribution in [3.63, 3.8) is 0 Å². The van der Waals surface area contributed by atoms with Crippen molar-refractivity contribution >= 4 is 21.7 Å². The molecule has 3 nitrogen and oxygen atoms in total. The maximum atomic E-state index is 5.53. The normalized spacial score (nSPS) is 9.73. The molecule has 0 aromatic carbocycles. The molecule has 0 saturated carbocycles. The van der Waals surface area contributed by atoms with Crippen molar-refractivity contribution in [2.45, 2.75) is 6.92 Å². The van der Waals surface area contributed by atoms with E-state index in [-0.39, 0.29) is 0 Å². The zero-order valence-corrected chi connectivity index (χ0v) is 7.97. The van der Waals surface area contributed by atoms with E-state index in [1.54, 1.807) is 13.2 Å². The minimum atomic E-state index is 0.489. The molecule has 60 valence electrons. The second-order valence-corrected chi connectivity index (χ2v) is 3.00. The van der Waals surface area contributed by atoms with E-state index < -0.39 is 0 Å². The Morgan fingerprint density at radius 2 is 2.27 bits per heavy atom. The minimum Gasteiger partial charge on any atom is -0.495 e. The number of anilines is 1. The molecule has 0 atom stereocenters. The zero-order valence-electron chi connectivity index (χ0n) is 6.39. The van der Waals surface area contributed by atoms with Gasteiger partial charge in [0.25, 0.3) is 0 Å². The number of halogens is 1. The maximum Gasteiger partial charge on any atom is 0.141 e. The van der Waals surface area contributed by atoms with E-state index in [0.717, 1.165) is 15.9 Å². The second-order valence-electron chi connectivity index (χ2n) is 2.14. The predicted molar refractivity (Wildman–Crippen MR) is 47.6 cm³/mol. The van der Waals surface area contributed by atoms with E-state index in [1.807, 2.05) is 6.92 Å². The van der Waals surface area contributed by atoms with Crippen molar-refractivity contribution in [3.05, 3.63) is 16.2 Å². The number of nitrogens with two attached hydrogens (primary N) is 1. The van der Waals surface area contributed by atoms with Crippen molar-refractivity contribution in [3.8, 4) is 5.75 Å². The number of nitrogens with zero attached hydrogens (tertiary/aromatic N) is 1. The first kappa shape index (κ1) is 8.33. The lowest BCUT2D eigenvalue weighted by Gasteiger charge is -2.05. The molecular formula is C7H9BrN2O. The van der Waals surface area contributed by atoms with Gasteiger partial charge >= 0.3 is 0 Å². The molecule has 1 heterocycles. The van der Waals surface area contributed by atoms with Crippen LogP contribution in [-0.4, -0.2) is 12.1 Å². The topological polar surface area (TPSA) is 48.1 Å². The Morgan fingerprint density at radius 3 is 2.82 bits per heavy atom. The van der Waals surface area contributed by atoms with Crippen LogP contribution in [0.15, 0.2) is 10.5 Å². The molecule has 1 aromatic heterocycles. The molecular weight excluding hydrogens is 208 g/mol. The molecule has 2 N–H and O–H groups in total.